The average Bonchev–Trinajstić information content (AvgIpc) is 2.75. The van der Waals surface area contributed by atoms with Crippen molar-refractivity contribution >= 4 is 51.3 Å². The van der Waals surface area contributed by atoms with Crippen LogP contribution in [0.3, 0.4) is 0 Å². The fourth-order valence-corrected chi connectivity index (χ4v) is 3.02. The van der Waals surface area contributed by atoms with Gasteiger partial charge in [-0.2, -0.15) is 0 Å². The molecule has 6 heteroatoms. The third kappa shape index (κ3) is 3.14. The zero-order valence-electron chi connectivity index (χ0n) is 8.56. The van der Waals surface area contributed by atoms with E-state index in [0.717, 1.165) is 4.88 Å². The Bertz CT molecular complexity index is 504. The molecule has 0 fully saturated rings. The van der Waals surface area contributed by atoms with E-state index in [9.17, 15) is 5.11 Å². The monoisotopic (exact) mass is 353 g/mol. The number of phenols is 1. The van der Waals surface area contributed by atoms with Crippen molar-refractivity contribution in [1.82, 2.24) is 0 Å². The highest BCUT2D eigenvalue weighted by Gasteiger charge is 2.16. The largest absolute Gasteiger partial charge is 0.506 e. The van der Waals surface area contributed by atoms with Crippen LogP contribution in [0.25, 0.3) is 0 Å². The SMILES string of the molecule is Cl.N[C@H](c1cccs1)c1cc(Cl)cc(Br)c1O. The molecule has 0 aliphatic carbocycles. The molecule has 0 radical (unpaired) electrons. The summed E-state index contributed by atoms with van der Waals surface area (Å²) in [6, 6.07) is 6.84. The fraction of sp³-hybridized carbons (Fsp3) is 0.0909. The van der Waals surface area contributed by atoms with Crippen LogP contribution in [-0.2, 0) is 0 Å². The molecule has 0 bridgehead atoms. The Kier molecular flexibility index (Phi) is 5.28. The molecule has 0 spiro atoms. The highest BCUT2D eigenvalue weighted by Crippen LogP contribution is 2.37. The van der Waals surface area contributed by atoms with Gasteiger partial charge < -0.3 is 10.8 Å². The van der Waals surface area contributed by atoms with Crippen molar-refractivity contribution in [3.05, 3.63) is 49.6 Å². The number of hydrogen-bond donors (Lipinski definition) is 2. The molecule has 0 aliphatic heterocycles. The summed E-state index contributed by atoms with van der Waals surface area (Å²) in [5.41, 5.74) is 6.70. The van der Waals surface area contributed by atoms with Gasteiger partial charge in [-0.1, -0.05) is 17.7 Å². The molecule has 2 rings (SSSR count). The van der Waals surface area contributed by atoms with E-state index in [2.05, 4.69) is 15.9 Å². The average molecular weight is 355 g/mol. The molecule has 2 aromatic rings. The standard InChI is InChI=1S/C11H9BrClNOS.ClH/c12-8-5-6(13)4-7(11(8)15)10(14)9-2-1-3-16-9;/h1-5,10,15H,14H2;1H/t10-;/m0./s1. The smallest absolute Gasteiger partial charge is 0.135 e. The van der Waals surface area contributed by atoms with E-state index in [1.54, 1.807) is 23.5 Å². The summed E-state index contributed by atoms with van der Waals surface area (Å²) in [5, 5.41) is 12.4. The van der Waals surface area contributed by atoms with Gasteiger partial charge in [0.1, 0.15) is 5.75 Å². The van der Waals surface area contributed by atoms with Gasteiger partial charge in [0, 0.05) is 15.5 Å². The quantitative estimate of drug-likeness (QED) is 0.842. The third-order valence-corrected chi connectivity index (χ3v) is 4.02. The maximum absolute atomic E-state index is 9.91. The predicted molar refractivity (Wildman–Crippen MR) is 78.4 cm³/mol. The fourth-order valence-electron chi connectivity index (χ4n) is 1.44. The minimum atomic E-state index is -0.352. The molecule has 1 aromatic heterocycles. The minimum Gasteiger partial charge on any atom is -0.506 e. The minimum absolute atomic E-state index is 0. The Morgan fingerprint density at radius 1 is 1.41 bits per heavy atom. The molecular weight excluding hydrogens is 345 g/mol. The van der Waals surface area contributed by atoms with Gasteiger partial charge in [0.15, 0.2) is 0 Å². The second-order valence-corrected chi connectivity index (χ2v) is 5.59. The van der Waals surface area contributed by atoms with Crippen molar-refractivity contribution < 1.29 is 5.11 Å². The number of aromatic hydroxyl groups is 1. The van der Waals surface area contributed by atoms with Crippen LogP contribution in [0.1, 0.15) is 16.5 Å². The number of thiophene rings is 1. The normalized spacial score (nSPS) is 11.9. The Morgan fingerprint density at radius 3 is 2.71 bits per heavy atom. The van der Waals surface area contributed by atoms with E-state index >= 15 is 0 Å². The number of benzene rings is 1. The molecule has 1 heterocycles. The Morgan fingerprint density at radius 2 is 2.12 bits per heavy atom. The Balaban J connectivity index is 0.00000144. The van der Waals surface area contributed by atoms with Gasteiger partial charge in [0.2, 0.25) is 0 Å². The van der Waals surface area contributed by atoms with E-state index in [4.69, 9.17) is 17.3 Å². The van der Waals surface area contributed by atoms with Crippen LogP contribution in [0.4, 0.5) is 0 Å². The van der Waals surface area contributed by atoms with Gasteiger partial charge >= 0.3 is 0 Å². The zero-order chi connectivity index (χ0) is 11.7. The molecule has 0 unspecified atom stereocenters. The topological polar surface area (TPSA) is 46.2 Å². The van der Waals surface area contributed by atoms with Crippen LogP contribution in [0, 0.1) is 0 Å². The lowest BCUT2D eigenvalue weighted by molar-refractivity contribution is 0.462. The maximum atomic E-state index is 9.91. The van der Waals surface area contributed by atoms with Crippen molar-refractivity contribution in [1.29, 1.82) is 0 Å². The molecule has 0 saturated carbocycles. The number of nitrogens with two attached hydrogens (primary N) is 1. The van der Waals surface area contributed by atoms with Crippen molar-refractivity contribution in [3.8, 4) is 5.75 Å². The summed E-state index contributed by atoms with van der Waals surface area (Å²) in [6.45, 7) is 0. The van der Waals surface area contributed by atoms with Crippen molar-refractivity contribution in [2.75, 3.05) is 0 Å². The van der Waals surface area contributed by atoms with E-state index in [0.29, 0.717) is 15.1 Å². The van der Waals surface area contributed by atoms with Crippen molar-refractivity contribution in [2.24, 2.45) is 5.73 Å². The first-order chi connectivity index (χ1) is 7.59. The molecule has 1 aromatic carbocycles. The van der Waals surface area contributed by atoms with E-state index in [1.165, 1.54) is 0 Å². The third-order valence-electron chi connectivity index (χ3n) is 2.24. The van der Waals surface area contributed by atoms with Crippen molar-refractivity contribution in [3.63, 3.8) is 0 Å². The zero-order valence-corrected chi connectivity index (χ0v) is 12.5. The lowest BCUT2D eigenvalue weighted by atomic mass is 10.1. The number of halogens is 3. The molecule has 17 heavy (non-hydrogen) atoms. The van der Waals surface area contributed by atoms with Crippen LogP contribution in [0.5, 0.6) is 5.75 Å². The van der Waals surface area contributed by atoms with Gasteiger partial charge in [-0.15, -0.1) is 23.7 Å². The summed E-state index contributed by atoms with van der Waals surface area (Å²) in [5.74, 6) is 0.144. The Labute approximate surface area is 123 Å². The molecule has 1 atom stereocenters. The summed E-state index contributed by atoms with van der Waals surface area (Å²) in [4.78, 5) is 0.990. The highest BCUT2D eigenvalue weighted by atomic mass is 79.9. The maximum Gasteiger partial charge on any atom is 0.135 e. The highest BCUT2D eigenvalue weighted by molar-refractivity contribution is 9.10. The number of rotatable bonds is 2. The van der Waals surface area contributed by atoms with Gasteiger partial charge in [-0.25, -0.2) is 0 Å². The second kappa shape index (κ2) is 6.07. The Hall–Kier alpha value is -0.260. The van der Waals surface area contributed by atoms with Gasteiger partial charge in [0.25, 0.3) is 0 Å². The van der Waals surface area contributed by atoms with Gasteiger partial charge in [-0.3, -0.25) is 0 Å². The first-order valence-corrected chi connectivity index (χ1v) is 6.61. The molecule has 0 saturated heterocycles. The summed E-state index contributed by atoms with van der Waals surface area (Å²) < 4.78 is 0.557. The van der Waals surface area contributed by atoms with Crippen LogP contribution in [-0.4, -0.2) is 5.11 Å². The van der Waals surface area contributed by atoms with Crippen LogP contribution < -0.4 is 5.73 Å². The predicted octanol–water partition coefficient (Wildman–Crippen LogP) is 4.34. The summed E-state index contributed by atoms with van der Waals surface area (Å²) >= 11 is 10.7. The molecular formula is C11H10BrCl2NOS. The van der Waals surface area contributed by atoms with Crippen LogP contribution in [0.15, 0.2) is 34.1 Å². The first-order valence-electron chi connectivity index (χ1n) is 4.56. The van der Waals surface area contributed by atoms with E-state index < -0.39 is 0 Å². The number of hydrogen-bond acceptors (Lipinski definition) is 3. The lowest BCUT2D eigenvalue weighted by Crippen LogP contribution is -2.10. The van der Waals surface area contributed by atoms with Crippen LogP contribution >= 0.6 is 51.3 Å². The van der Waals surface area contributed by atoms with E-state index in [-0.39, 0.29) is 24.2 Å². The lowest BCUT2D eigenvalue weighted by Gasteiger charge is -2.13. The molecule has 92 valence electrons. The van der Waals surface area contributed by atoms with Gasteiger partial charge in [0.05, 0.1) is 10.5 Å². The second-order valence-electron chi connectivity index (χ2n) is 3.32. The summed E-state index contributed by atoms with van der Waals surface area (Å²) in [6.07, 6.45) is 0. The summed E-state index contributed by atoms with van der Waals surface area (Å²) in [7, 11) is 0. The van der Waals surface area contributed by atoms with Crippen LogP contribution in [0.2, 0.25) is 5.02 Å². The molecule has 0 aliphatic rings. The molecule has 0 amide bonds. The molecule has 3 N–H and O–H groups in total. The first kappa shape index (κ1) is 14.8. The number of phenolic OH excluding ortho intramolecular Hbond substituents is 1. The van der Waals surface area contributed by atoms with Crippen molar-refractivity contribution in [2.45, 2.75) is 6.04 Å². The van der Waals surface area contributed by atoms with Gasteiger partial charge in [-0.05, 0) is 39.5 Å². The molecule has 2 nitrogen and oxygen atoms in total. The van der Waals surface area contributed by atoms with E-state index in [1.807, 2.05) is 17.5 Å².